The maximum Gasteiger partial charge on any atom is 0.358 e. The number of nitrogens with one attached hydrogen (secondary N) is 1. The number of nitriles is 1. The molecule has 1 amide bonds. The Morgan fingerprint density at radius 1 is 1.36 bits per heavy atom. The molecule has 0 aliphatic carbocycles. The normalized spacial score (nSPS) is 11.6. The molecule has 0 spiro atoms. The maximum atomic E-state index is 11.9. The Morgan fingerprint density at radius 3 is 2.55 bits per heavy atom. The zero-order chi connectivity index (χ0) is 16.6. The number of hydrogen-bond acceptors (Lipinski definition) is 6. The second-order valence-electron chi connectivity index (χ2n) is 4.50. The molecule has 0 bridgehead atoms. The van der Waals surface area contributed by atoms with Gasteiger partial charge >= 0.3 is 10.1 Å². The smallest absolute Gasteiger partial charge is 0.350 e. The molecule has 1 rings (SSSR count). The predicted octanol–water partition coefficient (Wildman–Crippen LogP) is 1.50. The third-order valence-electron chi connectivity index (χ3n) is 2.67. The van der Waals surface area contributed by atoms with E-state index >= 15 is 0 Å². The van der Waals surface area contributed by atoms with Crippen LogP contribution in [0, 0.1) is 18.3 Å². The van der Waals surface area contributed by atoms with Crippen molar-refractivity contribution in [3.63, 3.8) is 0 Å². The van der Waals surface area contributed by atoms with Crippen LogP contribution in [-0.2, 0) is 19.2 Å². The first-order chi connectivity index (χ1) is 10.4. The summed E-state index contributed by atoms with van der Waals surface area (Å²) in [6.45, 7) is 4.13. The largest absolute Gasteiger partial charge is 0.358 e. The van der Waals surface area contributed by atoms with Gasteiger partial charge in [-0.15, -0.1) is 0 Å². The number of benzene rings is 1. The predicted molar refractivity (Wildman–Crippen MR) is 80.4 cm³/mol. The molecule has 0 aliphatic rings. The number of hydrogen-bond donors (Lipinski definition) is 1. The van der Waals surface area contributed by atoms with Crippen LogP contribution in [0.2, 0.25) is 0 Å². The Bertz CT molecular complexity index is 688. The monoisotopic (exact) mass is 323 g/mol. The van der Waals surface area contributed by atoms with Crippen LogP contribution in [0.4, 0.5) is 0 Å². The molecule has 22 heavy (non-hydrogen) atoms. The number of amides is 1. The second kappa shape index (κ2) is 8.14. The van der Waals surface area contributed by atoms with E-state index in [2.05, 4.69) is 14.8 Å². The lowest BCUT2D eigenvalue weighted by molar-refractivity contribution is -0.114. The van der Waals surface area contributed by atoms with Crippen LogP contribution >= 0.6 is 0 Å². The zero-order valence-corrected chi connectivity index (χ0v) is 13.2. The molecule has 0 aromatic heterocycles. The Hall–Kier alpha value is -2.40. The molecule has 0 saturated heterocycles. The summed E-state index contributed by atoms with van der Waals surface area (Å²) in [5.41, 5.74) is 0.238. The van der Waals surface area contributed by atoms with Crippen molar-refractivity contribution in [3.8, 4) is 6.07 Å². The topological polar surface area (TPSA) is 109 Å². The number of oxime groups is 1. The Labute approximate surface area is 129 Å². The van der Waals surface area contributed by atoms with Gasteiger partial charge in [-0.25, -0.2) is 0 Å². The number of carbonyl (C=O) groups is 1. The van der Waals surface area contributed by atoms with Gasteiger partial charge in [0.05, 0.1) is 0 Å². The van der Waals surface area contributed by atoms with Crippen molar-refractivity contribution in [2.24, 2.45) is 5.16 Å². The summed E-state index contributed by atoms with van der Waals surface area (Å²) in [6.07, 6.45) is 1.62. The van der Waals surface area contributed by atoms with E-state index in [9.17, 15) is 13.2 Å². The Morgan fingerprint density at radius 2 is 2.00 bits per heavy atom. The Kier molecular flexibility index (Phi) is 6.53. The molecular weight excluding hydrogens is 306 g/mol. The summed E-state index contributed by atoms with van der Waals surface area (Å²) in [5, 5.41) is 14.4. The SMILES string of the molecule is CCCCNC(=O)/C(C#N)=N/OS(=O)(=O)c1ccc(C)cc1. The van der Waals surface area contributed by atoms with Crippen molar-refractivity contribution < 1.29 is 17.5 Å². The minimum atomic E-state index is -4.16. The lowest BCUT2D eigenvalue weighted by atomic mass is 10.2. The van der Waals surface area contributed by atoms with Crippen molar-refractivity contribution >= 4 is 21.7 Å². The highest BCUT2D eigenvalue weighted by molar-refractivity contribution is 7.86. The zero-order valence-electron chi connectivity index (χ0n) is 12.4. The first kappa shape index (κ1) is 17.7. The van der Waals surface area contributed by atoms with E-state index in [4.69, 9.17) is 5.26 Å². The molecular formula is C14H17N3O4S. The lowest BCUT2D eigenvalue weighted by Crippen LogP contribution is -2.31. The molecule has 1 aromatic rings. The maximum absolute atomic E-state index is 11.9. The average molecular weight is 323 g/mol. The lowest BCUT2D eigenvalue weighted by Gasteiger charge is -2.03. The average Bonchev–Trinajstić information content (AvgIpc) is 2.48. The van der Waals surface area contributed by atoms with Gasteiger partial charge in [0.2, 0.25) is 5.71 Å². The minimum absolute atomic E-state index is 0.106. The van der Waals surface area contributed by atoms with Gasteiger partial charge < -0.3 is 5.32 Å². The summed E-state index contributed by atoms with van der Waals surface area (Å²) in [7, 11) is -4.16. The molecule has 0 radical (unpaired) electrons. The summed E-state index contributed by atoms with van der Waals surface area (Å²) >= 11 is 0. The van der Waals surface area contributed by atoms with Gasteiger partial charge in [-0.05, 0) is 30.6 Å². The summed E-state index contributed by atoms with van der Waals surface area (Å²) < 4.78 is 28.2. The molecule has 1 N–H and O–H groups in total. The molecule has 0 fully saturated rings. The summed E-state index contributed by atoms with van der Waals surface area (Å²) in [6, 6.07) is 7.42. The fourth-order valence-corrected chi connectivity index (χ4v) is 2.14. The van der Waals surface area contributed by atoms with Crippen LogP contribution in [0.25, 0.3) is 0 Å². The minimum Gasteiger partial charge on any atom is -0.350 e. The number of rotatable bonds is 7. The molecule has 118 valence electrons. The second-order valence-corrected chi connectivity index (χ2v) is 6.03. The first-order valence-electron chi connectivity index (χ1n) is 6.67. The molecule has 0 atom stereocenters. The fraction of sp³-hybridized carbons (Fsp3) is 0.357. The number of aryl methyl sites for hydroxylation is 1. The van der Waals surface area contributed by atoms with E-state index in [1.165, 1.54) is 18.2 Å². The highest BCUT2D eigenvalue weighted by atomic mass is 32.2. The van der Waals surface area contributed by atoms with Crippen molar-refractivity contribution in [1.29, 1.82) is 5.26 Å². The van der Waals surface area contributed by atoms with E-state index < -0.39 is 21.7 Å². The van der Waals surface area contributed by atoms with Gasteiger partial charge in [0, 0.05) is 6.54 Å². The van der Waals surface area contributed by atoms with Crippen LogP contribution in [0.1, 0.15) is 25.3 Å². The number of unbranched alkanes of at least 4 members (excludes halogenated alkanes) is 1. The van der Waals surface area contributed by atoms with Gasteiger partial charge in [-0.1, -0.05) is 31.0 Å². The van der Waals surface area contributed by atoms with Gasteiger partial charge in [0.15, 0.2) is 0 Å². The molecule has 7 nitrogen and oxygen atoms in total. The molecule has 8 heteroatoms. The first-order valence-corrected chi connectivity index (χ1v) is 8.08. The molecule has 0 heterocycles. The van der Waals surface area contributed by atoms with Crippen LogP contribution in [0.15, 0.2) is 34.3 Å². The van der Waals surface area contributed by atoms with Gasteiger partial charge in [0.25, 0.3) is 5.91 Å². The molecule has 1 aromatic carbocycles. The van der Waals surface area contributed by atoms with E-state index in [0.29, 0.717) is 6.54 Å². The Balaban J connectivity index is 2.81. The third kappa shape index (κ3) is 5.18. The van der Waals surface area contributed by atoms with E-state index in [1.807, 2.05) is 13.8 Å². The van der Waals surface area contributed by atoms with Crippen LogP contribution in [0.5, 0.6) is 0 Å². The highest BCUT2D eigenvalue weighted by Crippen LogP contribution is 2.13. The van der Waals surface area contributed by atoms with E-state index in [1.54, 1.807) is 12.1 Å². The van der Waals surface area contributed by atoms with E-state index in [-0.39, 0.29) is 4.90 Å². The van der Waals surface area contributed by atoms with Crippen LogP contribution in [0.3, 0.4) is 0 Å². The van der Waals surface area contributed by atoms with Crippen molar-refractivity contribution in [2.75, 3.05) is 6.54 Å². The number of nitrogens with zero attached hydrogens (tertiary/aromatic N) is 2. The number of carbonyl (C=O) groups excluding carboxylic acids is 1. The van der Waals surface area contributed by atoms with Crippen LogP contribution < -0.4 is 5.32 Å². The molecule has 0 saturated carbocycles. The van der Waals surface area contributed by atoms with Gasteiger partial charge in [-0.3, -0.25) is 9.08 Å². The van der Waals surface area contributed by atoms with Crippen molar-refractivity contribution in [3.05, 3.63) is 29.8 Å². The molecule has 0 aliphatic heterocycles. The summed E-state index contributed by atoms with van der Waals surface area (Å²) in [5.74, 6) is -0.768. The molecule has 0 unspecified atom stereocenters. The van der Waals surface area contributed by atoms with Crippen LogP contribution in [-0.4, -0.2) is 26.6 Å². The standard InChI is InChI=1S/C14H17N3O4S/c1-3-4-9-16-14(18)13(10-15)17-21-22(19,20)12-7-5-11(2)6-8-12/h5-8H,3-4,9H2,1-2H3,(H,16,18)/b17-13+. The van der Waals surface area contributed by atoms with Gasteiger partial charge in [0.1, 0.15) is 11.0 Å². The highest BCUT2D eigenvalue weighted by Gasteiger charge is 2.18. The fourth-order valence-electron chi connectivity index (χ4n) is 1.41. The quantitative estimate of drug-likeness (QED) is 0.464. The summed E-state index contributed by atoms with van der Waals surface area (Å²) in [4.78, 5) is 11.5. The van der Waals surface area contributed by atoms with Gasteiger partial charge in [-0.2, -0.15) is 13.7 Å². The van der Waals surface area contributed by atoms with Crippen molar-refractivity contribution in [2.45, 2.75) is 31.6 Å². The third-order valence-corrected chi connectivity index (χ3v) is 3.79. The van der Waals surface area contributed by atoms with E-state index in [0.717, 1.165) is 18.4 Å². The van der Waals surface area contributed by atoms with Crippen molar-refractivity contribution in [1.82, 2.24) is 5.32 Å².